The first-order valence-electron chi connectivity index (χ1n) is 5.08. The molecule has 0 atom stereocenters. The van der Waals surface area contributed by atoms with Gasteiger partial charge in [-0.3, -0.25) is 0 Å². The standard InChI is InChI=1S/C12H13N5/c13-9-6-7-10(12(15)11(9)14)17-16-8-4-2-1-3-5-8/h1-7H,13-15H2. The molecule has 0 saturated carbocycles. The summed E-state index contributed by atoms with van der Waals surface area (Å²) in [5, 5.41) is 8.10. The zero-order chi connectivity index (χ0) is 12.3. The average molecular weight is 227 g/mol. The van der Waals surface area contributed by atoms with E-state index >= 15 is 0 Å². The van der Waals surface area contributed by atoms with Crippen molar-refractivity contribution in [3.8, 4) is 0 Å². The normalized spacial score (nSPS) is 10.8. The monoisotopic (exact) mass is 227 g/mol. The summed E-state index contributed by atoms with van der Waals surface area (Å²) in [4.78, 5) is 0. The van der Waals surface area contributed by atoms with Gasteiger partial charge in [-0.05, 0) is 24.3 Å². The number of benzene rings is 2. The van der Waals surface area contributed by atoms with E-state index in [1.54, 1.807) is 12.1 Å². The van der Waals surface area contributed by atoms with Crippen LogP contribution in [0.5, 0.6) is 0 Å². The van der Waals surface area contributed by atoms with E-state index < -0.39 is 0 Å². The molecule has 0 spiro atoms. The van der Waals surface area contributed by atoms with Crippen LogP contribution in [0.1, 0.15) is 0 Å². The van der Waals surface area contributed by atoms with Crippen molar-refractivity contribution in [1.29, 1.82) is 0 Å². The van der Waals surface area contributed by atoms with Crippen LogP contribution < -0.4 is 17.2 Å². The van der Waals surface area contributed by atoms with Gasteiger partial charge in [0.15, 0.2) is 0 Å². The van der Waals surface area contributed by atoms with Gasteiger partial charge in [0.2, 0.25) is 0 Å². The van der Waals surface area contributed by atoms with Gasteiger partial charge in [-0.15, -0.1) is 5.11 Å². The third-order valence-corrected chi connectivity index (χ3v) is 2.33. The van der Waals surface area contributed by atoms with E-state index in [-0.39, 0.29) is 0 Å². The highest BCUT2D eigenvalue weighted by molar-refractivity contribution is 5.85. The second-order valence-corrected chi connectivity index (χ2v) is 3.54. The Morgan fingerprint density at radius 3 is 2.12 bits per heavy atom. The molecule has 0 unspecified atom stereocenters. The zero-order valence-electron chi connectivity index (χ0n) is 9.17. The lowest BCUT2D eigenvalue weighted by Gasteiger charge is -2.05. The number of nitrogens with two attached hydrogens (primary N) is 3. The summed E-state index contributed by atoms with van der Waals surface area (Å²) in [6, 6.07) is 12.7. The highest BCUT2D eigenvalue weighted by atomic mass is 15.1. The quantitative estimate of drug-likeness (QED) is 0.542. The van der Waals surface area contributed by atoms with Crippen molar-refractivity contribution < 1.29 is 0 Å². The van der Waals surface area contributed by atoms with Crippen molar-refractivity contribution in [2.45, 2.75) is 0 Å². The second kappa shape index (κ2) is 4.52. The second-order valence-electron chi connectivity index (χ2n) is 3.54. The number of azo groups is 1. The van der Waals surface area contributed by atoms with Crippen molar-refractivity contribution >= 4 is 28.4 Å². The molecular weight excluding hydrogens is 214 g/mol. The minimum Gasteiger partial charge on any atom is -0.397 e. The Labute approximate surface area is 99.0 Å². The highest BCUT2D eigenvalue weighted by Gasteiger charge is 2.04. The molecule has 0 heterocycles. The molecule has 6 N–H and O–H groups in total. The Morgan fingerprint density at radius 1 is 0.706 bits per heavy atom. The maximum Gasteiger partial charge on any atom is 0.111 e. The van der Waals surface area contributed by atoms with Gasteiger partial charge in [-0.2, -0.15) is 5.11 Å². The first-order chi connectivity index (χ1) is 8.18. The van der Waals surface area contributed by atoms with Crippen LogP contribution >= 0.6 is 0 Å². The largest absolute Gasteiger partial charge is 0.397 e. The van der Waals surface area contributed by atoms with Crippen LogP contribution in [0.3, 0.4) is 0 Å². The molecule has 0 saturated heterocycles. The molecule has 0 aromatic heterocycles. The Hall–Kier alpha value is -2.56. The molecule has 0 aliphatic rings. The predicted molar refractivity (Wildman–Crippen MR) is 70.3 cm³/mol. The number of nitrogens with zero attached hydrogens (tertiary/aromatic N) is 2. The fraction of sp³-hybridized carbons (Fsp3) is 0. The zero-order valence-corrected chi connectivity index (χ0v) is 9.17. The molecule has 2 aromatic carbocycles. The summed E-state index contributed by atoms with van der Waals surface area (Å²) in [6.45, 7) is 0. The van der Waals surface area contributed by atoms with Crippen molar-refractivity contribution in [3.63, 3.8) is 0 Å². The van der Waals surface area contributed by atoms with E-state index in [0.717, 1.165) is 5.69 Å². The van der Waals surface area contributed by atoms with Crippen LogP contribution in [0.25, 0.3) is 0 Å². The Bertz CT molecular complexity index is 548. The number of hydrogen-bond donors (Lipinski definition) is 3. The van der Waals surface area contributed by atoms with Gasteiger partial charge in [-0.25, -0.2) is 0 Å². The maximum absolute atomic E-state index is 5.79. The van der Waals surface area contributed by atoms with E-state index in [1.807, 2.05) is 30.3 Å². The molecule has 5 heteroatoms. The summed E-state index contributed by atoms with van der Waals surface area (Å²) in [7, 11) is 0. The molecule has 0 bridgehead atoms. The van der Waals surface area contributed by atoms with Gasteiger partial charge in [0.25, 0.3) is 0 Å². The summed E-state index contributed by atoms with van der Waals surface area (Å²) < 4.78 is 0. The summed E-state index contributed by atoms with van der Waals surface area (Å²) >= 11 is 0. The molecule has 0 aliphatic carbocycles. The molecule has 0 amide bonds. The molecule has 0 aliphatic heterocycles. The molecule has 17 heavy (non-hydrogen) atoms. The van der Waals surface area contributed by atoms with Crippen LogP contribution in [0.2, 0.25) is 0 Å². The predicted octanol–water partition coefficient (Wildman–Crippen LogP) is 2.85. The third-order valence-electron chi connectivity index (χ3n) is 2.33. The van der Waals surface area contributed by atoms with Gasteiger partial charge in [0.05, 0.1) is 22.7 Å². The Balaban J connectivity index is 2.31. The van der Waals surface area contributed by atoms with Gasteiger partial charge >= 0.3 is 0 Å². The van der Waals surface area contributed by atoms with E-state index in [1.165, 1.54) is 0 Å². The average Bonchev–Trinajstić information content (AvgIpc) is 2.36. The van der Waals surface area contributed by atoms with Crippen LogP contribution in [-0.4, -0.2) is 0 Å². The summed E-state index contributed by atoms with van der Waals surface area (Å²) in [5.41, 5.74) is 19.5. The topological polar surface area (TPSA) is 103 Å². The van der Waals surface area contributed by atoms with Gasteiger partial charge < -0.3 is 17.2 Å². The van der Waals surface area contributed by atoms with Crippen molar-refractivity contribution in [1.82, 2.24) is 0 Å². The maximum atomic E-state index is 5.79. The van der Waals surface area contributed by atoms with Crippen LogP contribution in [0.4, 0.5) is 28.4 Å². The van der Waals surface area contributed by atoms with Crippen LogP contribution in [0.15, 0.2) is 52.7 Å². The fourth-order valence-electron chi connectivity index (χ4n) is 1.34. The highest BCUT2D eigenvalue weighted by Crippen LogP contribution is 2.33. The molecular formula is C12H13N5. The lowest BCUT2D eigenvalue weighted by Crippen LogP contribution is -1.99. The van der Waals surface area contributed by atoms with E-state index in [4.69, 9.17) is 17.2 Å². The van der Waals surface area contributed by atoms with Gasteiger partial charge in [-0.1, -0.05) is 18.2 Å². The molecule has 0 fully saturated rings. The van der Waals surface area contributed by atoms with Gasteiger partial charge in [0.1, 0.15) is 5.69 Å². The van der Waals surface area contributed by atoms with Crippen molar-refractivity contribution in [3.05, 3.63) is 42.5 Å². The SMILES string of the molecule is Nc1ccc(N=Nc2ccccc2)c(N)c1N. The lowest BCUT2D eigenvalue weighted by atomic mass is 10.2. The number of hydrogen-bond acceptors (Lipinski definition) is 5. The summed E-state index contributed by atoms with van der Waals surface area (Å²) in [6.07, 6.45) is 0. The molecule has 2 rings (SSSR count). The molecule has 0 radical (unpaired) electrons. The first-order valence-corrected chi connectivity index (χ1v) is 5.08. The Kier molecular flexibility index (Phi) is 2.91. The van der Waals surface area contributed by atoms with Crippen LogP contribution in [-0.2, 0) is 0 Å². The minimum absolute atomic E-state index is 0.342. The smallest absolute Gasteiger partial charge is 0.111 e. The van der Waals surface area contributed by atoms with Crippen LogP contribution in [0, 0.1) is 0 Å². The molecule has 5 nitrogen and oxygen atoms in total. The first kappa shape index (κ1) is 10.9. The number of rotatable bonds is 2. The van der Waals surface area contributed by atoms with Gasteiger partial charge in [0, 0.05) is 0 Å². The number of anilines is 3. The van der Waals surface area contributed by atoms with Crippen molar-refractivity contribution in [2.24, 2.45) is 10.2 Å². The Morgan fingerprint density at radius 2 is 1.41 bits per heavy atom. The number of nitrogen functional groups attached to an aromatic ring is 3. The van der Waals surface area contributed by atoms with E-state index in [2.05, 4.69) is 10.2 Å². The summed E-state index contributed by atoms with van der Waals surface area (Å²) in [5.74, 6) is 0. The van der Waals surface area contributed by atoms with Crippen molar-refractivity contribution in [2.75, 3.05) is 17.2 Å². The molecule has 2 aromatic rings. The molecule has 86 valence electrons. The third kappa shape index (κ3) is 2.34. The van der Waals surface area contributed by atoms with E-state index in [0.29, 0.717) is 22.7 Å². The fourth-order valence-corrected chi connectivity index (χ4v) is 1.34. The van der Waals surface area contributed by atoms with E-state index in [9.17, 15) is 0 Å². The lowest BCUT2D eigenvalue weighted by molar-refractivity contribution is 1.23. The minimum atomic E-state index is 0.342.